The summed E-state index contributed by atoms with van der Waals surface area (Å²) < 4.78 is 22.2. The van der Waals surface area contributed by atoms with Crippen molar-refractivity contribution in [2.75, 3.05) is 0 Å². The average molecular weight is 244 g/mol. The molecule has 0 heterocycles. The minimum Gasteiger partial charge on any atom is -0.298 e. The van der Waals surface area contributed by atoms with Crippen LogP contribution in [0.15, 0.2) is 17.0 Å². The summed E-state index contributed by atoms with van der Waals surface area (Å²) in [5, 5.41) is 8.70. The summed E-state index contributed by atoms with van der Waals surface area (Å²) >= 11 is 0. The van der Waals surface area contributed by atoms with Crippen molar-refractivity contribution < 1.29 is 13.2 Å². The van der Waals surface area contributed by atoms with Gasteiger partial charge in [-0.2, -0.15) is 5.26 Å². The van der Waals surface area contributed by atoms with Gasteiger partial charge < -0.3 is 0 Å². The van der Waals surface area contributed by atoms with Crippen LogP contribution in [0.25, 0.3) is 0 Å². The Balaban J connectivity index is 3.64. The highest BCUT2D eigenvalue weighted by Crippen LogP contribution is 2.22. The first-order valence-corrected chi connectivity index (χ1v) is 6.15. The lowest BCUT2D eigenvalue weighted by Gasteiger charge is -2.03. The maximum atomic E-state index is 11.1. The number of aryl methyl sites for hydroxylation is 1. The Bertz CT molecular complexity index is 557. The normalized spacial score (nSPS) is 10.7. The fourth-order valence-electron chi connectivity index (χ4n) is 1.11. The maximum Gasteiger partial charge on any atom is 0.262 e. The second-order valence-corrected chi connectivity index (χ2v) is 5.41. The number of rotatable bonds is 2. The lowest BCUT2D eigenvalue weighted by atomic mass is 10.1. The molecule has 6 heteroatoms. The Morgan fingerprint density at radius 1 is 1.47 bits per heavy atom. The Hall–Kier alpha value is -1.38. The third-order valence-corrected chi connectivity index (χ3v) is 3.24. The number of benzene rings is 1. The van der Waals surface area contributed by atoms with Crippen LogP contribution in [-0.2, 0) is 9.05 Å². The lowest BCUT2D eigenvalue weighted by molar-refractivity contribution is 0.112. The van der Waals surface area contributed by atoms with Gasteiger partial charge in [0.1, 0.15) is 17.3 Å². The molecule has 0 saturated carbocycles. The molecule has 0 aliphatic heterocycles. The van der Waals surface area contributed by atoms with Gasteiger partial charge in [-0.3, -0.25) is 4.79 Å². The van der Waals surface area contributed by atoms with E-state index in [1.165, 1.54) is 12.1 Å². The summed E-state index contributed by atoms with van der Waals surface area (Å²) in [6.07, 6.45) is 0.556. The molecule has 0 fully saturated rings. The molecule has 1 aromatic rings. The summed E-state index contributed by atoms with van der Waals surface area (Å²) in [5.74, 6) is 0. The molecule has 0 spiro atoms. The molecule has 0 unspecified atom stereocenters. The molecule has 0 aromatic heterocycles. The molecule has 4 nitrogen and oxygen atoms in total. The number of halogens is 1. The summed E-state index contributed by atoms with van der Waals surface area (Å²) in [6.45, 7) is 1.57. The molecule has 0 amide bonds. The predicted molar refractivity (Wildman–Crippen MR) is 54.3 cm³/mol. The third kappa shape index (κ3) is 2.35. The maximum absolute atomic E-state index is 11.1. The van der Waals surface area contributed by atoms with E-state index in [0.29, 0.717) is 11.8 Å². The third-order valence-electron chi connectivity index (χ3n) is 1.88. The van der Waals surface area contributed by atoms with E-state index in [1.54, 1.807) is 13.0 Å². The van der Waals surface area contributed by atoms with Gasteiger partial charge in [-0.05, 0) is 24.6 Å². The first-order valence-electron chi connectivity index (χ1n) is 3.84. The molecule has 0 aliphatic rings. The zero-order valence-corrected chi connectivity index (χ0v) is 9.26. The van der Waals surface area contributed by atoms with Crippen LogP contribution < -0.4 is 0 Å². The topological polar surface area (TPSA) is 75.0 Å². The van der Waals surface area contributed by atoms with Gasteiger partial charge in [-0.15, -0.1) is 0 Å². The fraction of sp³-hybridized carbons (Fsp3) is 0.111. The molecule has 15 heavy (non-hydrogen) atoms. The van der Waals surface area contributed by atoms with Crippen LogP contribution in [0.5, 0.6) is 0 Å². The smallest absolute Gasteiger partial charge is 0.262 e. The molecular formula is C9H6ClNO3S. The molecule has 0 aliphatic carbocycles. The van der Waals surface area contributed by atoms with Crippen molar-refractivity contribution >= 4 is 26.0 Å². The quantitative estimate of drug-likeness (QED) is 0.584. The molecule has 78 valence electrons. The number of nitrogens with zero attached hydrogens (tertiary/aromatic N) is 1. The van der Waals surface area contributed by atoms with Crippen LogP contribution in [-0.4, -0.2) is 14.7 Å². The van der Waals surface area contributed by atoms with E-state index in [0.717, 1.165) is 0 Å². The summed E-state index contributed by atoms with van der Waals surface area (Å²) in [5.41, 5.74) is 0.608. The molecule has 0 atom stereocenters. The standard InChI is InChI=1S/C9H6ClNO3S/c1-6-2-9(15(10,13)14)7(4-11)3-8(6)5-12/h2-3,5H,1H3. The van der Waals surface area contributed by atoms with Crippen molar-refractivity contribution in [2.45, 2.75) is 11.8 Å². The number of hydrogen-bond donors (Lipinski definition) is 0. The van der Waals surface area contributed by atoms with Gasteiger partial charge >= 0.3 is 0 Å². The molecular weight excluding hydrogens is 238 g/mol. The van der Waals surface area contributed by atoms with E-state index in [9.17, 15) is 13.2 Å². The Morgan fingerprint density at radius 3 is 2.47 bits per heavy atom. The minimum atomic E-state index is -3.96. The number of hydrogen-bond acceptors (Lipinski definition) is 4. The van der Waals surface area contributed by atoms with Crippen LogP contribution in [0.3, 0.4) is 0 Å². The van der Waals surface area contributed by atoms with Crippen LogP contribution in [0.1, 0.15) is 21.5 Å². The number of carbonyl (C=O) groups is 1. The van der Waals surface area contributed by atoms with Gasteiger partial charge in [0.15, 0.2) is 0 Å². The Kier molecular flexibility index (Phi) is 3.12. The molecule has 0 N–H and O–H groups in total. The zero-order chi connectivity index (χ0) is 11.6. The van der Waals surface area contributed by atoms with Gasteiger partial charge in [0.05, 0.1) is 5.56 Å². The van der Waals surface area contributed by atoms with Gasteiger partial charge in [0, 0.05) is 16.2 Å². The minimum absolute atomic E-state index is 0.127. The van der Waals surface area contributed by atoms with Crippen LogP contribution in [0, 0.1) is 18.3 Å². The fourth-order valence-corrected chi connectivity index (χ4v) is 2.18. The molecule has 0 saturated heterocycles. The first kappa shape index (κ1) is 11.7. The van der Waals surface area contributed by atoms with Gasteiger partial charge in [-0.25, -0.2) is 8.42 Å². The Labute approximate surface area is 91.5 Å². The van der Waals surface area contributed by atoms with Crippen molar-refractivity contribution in [3.63, 3.8) is 0 Å². The van der Waals surface area contributed by atoms with E-state index >= 15 is 0 Å². The second-order valence-electron chi connectivity index (χ2n) is 2.87. The van der Waals surface area contributed by atoms with Crippen molar-refractivity contribution in [1.82, 2.24) is 0 Å². The second kappa shape index (κ2) is 4.01. The van der Waals surface area contributed by atoms with Gasteiger partial charge in [-0.1, -0.05) is 0 Å². The number of carbonyl (C=O) groups excluding carboxylic acids is 1. The van der Waals surface area contributed by atoms with E-state index in [1.807, 2.05) is 0 Å². The highest BCUT2D eigenvalue weighted by molar-refractivity contribution is 8.13. The average Bonchev–Trinajstić information content (AvgIpc) is 2.16. The van der Waals surface area contributed by atoms with E-state index in [2.05, 4.69) is 0 Å². The molecule has 1 aromatic carbocycles. The van der Waals surface area contributed by atoms with Crippen molar-refractivity contribution in [3.05, 3.63) is 28.8 Å². The van der Waals surface area contributed by atoms with Crippen molar-refractivity contribution in [3.8, 4) is 6.07 Å². The summed E-state index contributed by atoms with van der Waals surface area (Å²) in [6, 6.07) is 4.10. The number of aldehydes is 1. The van der Waals surface area contributed by atoms with E-state index in [4.69, 9.17) is 15.9 Å². The molecule has 1 rings (SSSR count). The largest absolute Gasteiger partial charge is 0.298 e. The van der Waals surface area contributed by atoms with E-state index in [-0.39, 0.29) is 16.0 Å². The van der Waals surface area contributed by atoms with Crippen LogP contribution >= 0.6 is 10.7 Å². The predicted octanol–water partition coefficient (Wildman–Crippen LogP) is 1.61. The Morgan fingerprint density at radius 2 is 2.07 bits per heavy atom. The highest BCUT2D eigenvalue weighted by atomic mass is 35.7. The van der Waals surface area contributed by atoms with Crippen molar-refractivity contribution in [2.24, 2.45) is 0 Å². The van der Waals surface area contributed by atoms with Crippen LogP contribution in [0.2, 0.25) is 0 Å². The van der Waals surface area contributed by atoms with E-state index < -0.39 is 9.05 Å². The SMILES string of the molecule is Cc1cc(S(=O)(=O)Cl)c(C#N)cc1C=O. The highest BCUT2D eigenvalue weighted by Gasteiger charge is 2.17. The lowest BCUT2D eigenvalue weighted by Crippen LogP contribution is -1.99. The monoisotopic (exact) mass is 243 g/mol. The van der Waals surface area contributed by atoms with Crippen LogP contribution in [0.4, 0.5) is 0 Å². The number of nitriles is 1. The summed E-state index contributed by atoms with van der Waals surface area (Å²) in [7, 11) is 1.18. The van der Waals surface area contributed by atoms with Gasteiger partial charge in [0.2, 0.25) is 0 Å². The first-order chi connectivity index (χ1) is 6.90. The molecule has 0 bridgehead atoms. The summed E-state index contributed by atoms with van der Waals surface area (Å²) in [4.78, 5) is 10.3. The van der Waals surface area contributed by atoms with Gasteiger partial charge in [0.25, 0.3) is 9.05 Å². The molecule has 0 radical (unpaired) electrons. The zero-order valence-electron chi connectivity index (χ0n) is 7.69. The van der Waals surface area contributed by atoms with Crippen molar-refractivity contribution in [1.29, 1.82) is 5.26 Å².